The van der Waals surface area contributed by atoms with E-state index in [0.717, 1.165) is 18.5 Å². The van der Waals surface area contributed by atoms with Crippen molar-refractivity contribution in [2.75, 3.05) is 18.5 Å². The van der Waals surface area contributed by atoms with Crippen molar-refractivity contribution < 1.29 is 9.59 Å². The van der Waals surface area contributed by atoms with Gasteiger partial charge in [-0.25, -0.2) is 0 Å². The van der Waals surface area contributed by atoms with E-state index in [0.29, 0.717) is 18.5 Å². The van der Waals surface area contributed by atoms with E-state index in [1.54, 1.807) is 36.2 Å². The molecule has 1 rings (SSSR count). The van der Waals surface area contributed by atoms with Gasteiger partial charge in [0, 0.05) is 24.7 Å². The third kappa shape index (κ3) is 3.96. The van der Waals surface area contributed by atoms with E-state index < -0.39 is 0 Å². The van der Waals surface area contributed by atoms with Crippen molar-refractivity contribution in [1.29, 1.82) is 0 Å². The Morgan fingerprint density at radius 1 is 1.17 bits per heavy atom. The monoisotopic (exact) mass is 248 g/mol. The molecule has 0 aromatic heterocycles. The lowest BCUT2D eigenvalue weighted by atomic mass is 10.1. The summed E-state index contributed by atoms with van der Waals surface area (Å²) in [6.45, 7) is 2.14. The van der Waals surface area contributed by atoms with Crippen molar-refractivity contribution in [2.24, 2.45) is 5.73 Å². The number of anilines is 1. The Hall–Kier alpha value is -1.68. The highest BCUT2D eigenvalue weighted by molar-refractivity contribution is 5.96. The molecule has 0 radical (unpaired) electrons. The first-order valence-electron chi connectivity index (χ1n) is 6.14. The molecule has 0 saturated carbocycles. The molecule has 0 aliphatic rings. The van der Waals surface area contributed by atoms with Gasteiger partial charge >= 0.3 is 0 Å². The van der Waals surface area contributed by atoms with Crippen LogP contribution in [-0.2, 0) is 4.79 Å². The largest absolute Gasteiger partial charge is 0.330 e. The van der Waals surface area contributed by atoms with Crippen LogP contribution in [0.3, 0.4) is 0 Å². The number of amides is 1. The van der Waals surface area contributed by atoms with E-state index in [4.69, 9.17) is 5.73 Å². The maximum absolute atomic E-state index is 11.9. The van der Waals surface area contributed by atoms with Gasteiger partial charge in [-0.1, -0.05) is 0 Å². The smallest absolute Gasteiger partial charge is 0.226 e. The van der Waals surface area contributed by atoms with Gasteiger partial charge in [-0.15, -0.1) is 0 Å². The van der Waals surface area contributed by atoms with Crippen LogP contribution in [0.25, 0.3) is 0 Å². The molecule has 0 saturated heterocycles. The molecule has 1 aromatic rings. The number of rotatable bonds is 6. The quantitative estimate of drug-likeness (QED) is 0.618. The number of carbonyl (C=O) groups is 2. The van der Waals surface area contributed by atoms with E-state index in [1.807, 2.05) is 0 Å². The number of Topliss-reactive ketones (excluding diaryl/α,β-unsaturated/α-hetero) is 1. The van der Waals surface area contributed by atoms with Crippen molar-refractivity contribution in [1.82, 2.24) is 0 Å². The molecule has 1 amide bonds. The summed E-state index contributed by atoms with van der Waals surface area (Å²) in [5.74, 6) is 0.0949. The van der Waals surface area contributed by atoms with E-state index in [1.165, 1.54) is 6.92 Å². The van der Waals surface area contributed by atoms with Crippen LogP contribution < -0.4 is 10.6 Å². The van der Waals surface area contributed by atoms with E-state index in [2.05, 4.69) is 0 Å². The second-order valence-corrected chi connectivity index (χ2v) is 4.30. The fourth-order valence-corrected chi connectivity index (χ4v) is 1.65. The van der Waals surface area contributed by atoms with Gasteiger partial charge in [-0.05, 0) is 50.6 Å². The number of unbranched alkanes of at least 4 members (excludes halogenated alkanes) is 1. The zero-order chi connectivity index (χ0) is 13.5. The molecule has 0 unspecified atom stereocenters. The van der Waals surface area contributed by atoms with Crippen LogP contribution in [0.1, 0.15) is 36.5 Å². The molecule has 2 N–H and O–H groups in total. The molecule has 4 heteroatoms. The molecule has 4 nitrogen and oxygen atoms in total. The maximum Gasteiger partial charge on any atom is 0.226 e. The summed E-state index contributed by atoms with van der Waals surface area (Å²) in [6.07, 6.45) is 2.18. The van der Waals surface area contributed by atoms with Crippen molar-refractivity contribution in [2.45, 2.75) is 26.2 Å². The summed E-state index contributed by atoms with van der Waals surface area (Å²) in [6, 6.07) is 7.05. The first kappa shape index (κ1) is 14.4. The standard InChI is InChI=1S/C14H20N2O2/c1-11(17)12-6-8-13(9-7-12)16(2)14(18)5-3-4-10-15/h6-9H,3-5,10,15H2,1-2H3. The van der Waals surface area contributed by atoms with Crippen molar-refractivity contribution in [3.63, 3.8) is 0 Å². The Balaban J connectivity index is 2.63. The number of hydrogen-bond acceptors (Lipinski definition) is 3. The molecule has 0 bridgehead atoms. The lowest BCUT2D eigenvalue weighted by Gasteiger charge is -2.17. The molecular weight excluding hydrogens is 228 g/mol. The second-order valence-electron chi connectivity index (χ2n) is 4.30. The van der Waals surface area contributed by atoms with Crippen LogP contribution >= 0.6 is 0 Å². The normalized spacial score (nSPS) is 10.2. The Kier molecular flexibility index (Phi) is 5.52. The minimum absolute atomic E-state index is 0.0264. The highest BCUT2D eigenvalue weighted by Crippen LogP contribution is 2.15. The van der Waals surface area contributed by atoms with Gasteiger partial charge in [-0.2, -0.15) is 0 Å². The predicted molar refractivity (Wildman–Crippen MR) is 72.8 cm³/mol. The van der Waals surface area contributed by atoms with Crippen LogP contribution in [-0.4, -0.2) is 25.3 Å². The maximum atomic E-state index is 11.9. The summed E-state index contributed by atoms with van der Waals surface area (Å²) in [4.78, 5) is 24.6. The van der Waals surface area contributed by atoms with Crippen LogP contribution in [0.2, 0.25) is 0 Å². The number of ketones is 1. The molecular formula is C14H20N2O2. The zero-order valence-corrected chi connectivity index (χ0v) is 11.0. The first-order chi connectivity index (χ1) is 8.56. The van der Waals surface area contributed by atoms with Crippen LogP contribution in [0.5, 0.6) is 0 Å². The Morgan fingerprint density at radius 3 is 2.28 bits per heavy atom. The first-order valence-corrected chi connectivity index (χ1v) is 6.14. The van der Waals surface area contributed by atoms with Crippen molar-refractivity contribution in [3.05, 3.63) is 29.8 Å². The molecule has 0 aliphatic heterocycles. The van der Waals surface area contributed by atoms with E-state index in [-0.39, 0.29) is 11.7 Å². The number of benzene rings is 1. The molecule has 0 spiro atoms. The number of carbonyl (C=O) groups excluding carboxylic acids is 2. The molecule has 0 atom stereocenters. The Bertz CT molecular complexity index is 412. The Morgan fingerprint density at radius 2 is 1.78 bits per heavy atom. The molecule has 1 aromatic carbocycles. The lowest BCUT2D eigenvalue weighted by molar-refractivity contribution is -0.118. The number of nitrogens with zero attached hydrogens (tertiary/aromatic N) is 1. The minimum Gasteiger partial charge on any atom is -0.330 e. The third-order valence-electron chi connectivity index (χ3n) is 2.88. The van der Waals surface area contributed by atoms with Crippen molar-refractivity contribution >= 4 is 17.4 Å². The molecule has 0 aliphatic carbocycles. The van der Waals surface area contributed by atoms with Crippen LogP contribution in [0, 0.1) is 0 Å². The van der Waals surface area contributed by atoms with Gasteiger partial charge in [0.1, 0.15) is 0 Å². The average Bonchev–Trinajstić information content (AvgIpc) is 2.38. The summed E-state index contributed by atoms with van der Waals surface area (Å²) in [5.41, 5.74) is 6.85. The highest BCUT2D eigenvalue weighted by atomic mass is 16.2. The Labute approximate surface area is 108 Å². The summed E-state index contributed by atoms with van der Waals surface area (Å²) in [7, 11) is 1.74. The van der Waals surface area contributed by atoms with Gasteiger partial charge in [0.15, 0.2) is 5.78 Å². The van der Waals surface area contributed by atoms with E-state index in [9.17, 15) is 9.59 Å². The molecule has 98 valence electrons. The molecule has 18 heavy (non-hydrogen) atoms. The lowest BCUT2D eigenvalue weighted by Crippen LogP contribution is -2.26. The SMILES string of the molecule is CC(=O)c1ccc(N(C)C(=O)CCCCN)cc1. The summed E-state index contributed by atoms with van der Waals surface area (Å²) in [5, 5.41) is 0. The zero-order valence-electron chi connectivity index (χ0n) is 11.0. The van der Waals surface area contributed by atoms with E-state index >= 15 is 0 Å². The number of nitrogens with two attached hydrogens (primary N) is 1. The van der Waals surface area contributed by atoms with Crippen LogP contribution in [0.15, 0.2) is 24.3 Å². The second kappa shape index (κ2) is 6.91. The summed E-state index contributed by atoms with van der Waals surface area (Å²) >= 11 is 0. The summed E-state index contributed by atoms with van der Waals surface area (Å²) < 4.78 is 0. The van der Waals surface area contributed by atoms with Crippen molar-refractivity contribution in [3.8, 4) is 0 Å². The van der Waals surface area contributed by atoms with Crippen LogP contribution in [0.4, 0.5) is 5.69 Å². The van der Waals surface area contributed by atoms with Gasteiger partial charge in [0.05, 0.1) is 0 Å². The predicted octanol–water partition coefficient (Wildman–Crippen LogP) is 1.98. The molecule has 0 heterocycles. The number of hydrogen-bond donors (Lipinski definition) is 1. The minimum atomic E-state index is 0.0264. The fourth-order valence-electron chi connectivity index (χ4n) is 1.65. The topological polar surface area (TPSA) is 63.4 Å². The highest BCUT2D eigenvalue weighted by Gasteiger charge is 2.10. The molecule has 0 fully saturated rings. The van der Waals surface area contributed by atoms with Gasteiger partial charge in [-0.3, -0.25) is 9.59 Å². The van der Waals surface area contributed by atoms with Gasteiger partial charge < -0.3 is 10.6 Å². The van der Waals surface area contributed by atoms with Gasteiger partial charge in [0.2, 0.25) is 5.91 Å². The fraction of sp³-hybridized carbons (Fsp3) is 0.429. The van der Waals surface area contributed by atoms with Gasteiger partial charge in [0.25, 0.3) is 0 Å². The third-order valence-corrected chi connectivity index (χ3v) is 2.88. The average molecular weight is 248 g/mol.